The first-order valence-corrected chi connectivity index (χ1v) is 7.97. The number of amides is 2. The standard InChI is InChI=1S/C19H19N5O/c1-13-4-3-10-20-17(13)12-22-19(25)24-16-7-5-15(6-8-16)18-21-11-9-14(2)23-18/h3-11H,12H2,1-2H3,(H2,22,24,25). The van der Waals surface area contributed by atoms with Crippen molar-refractivity contribution in [3.63, 3.8) is 0 Å². The molecule has 0 bridgehead atoms. The van der Waals surface area contributed by atoms with Crippen LogP contribution >= 0.6 is 0 Å². The first kappa shape index (κ1) is 16.6. The minimum absolute atomic E-state index is 0.274. The van der Waals surface area contributed by atoms with Gasteiger partial charge in [-0.15, -0.1) is 0 Å². The summed E-state index contributed by atoms with van der Waals surface area (Å²) in [5, 5.41) is 5.61. The SMILES string of the molecule is Cc1ccnc(-c2ccc(NC(=O)NCc3ncccc3C)cc2)n1. The van der Waals surface area contributed by atoms with E-state index in [0.29, 0.717) is 18.1 Å². The van der Waals surface area contributed by atoms with Crippen LogP contribution < -0.4 is 10.6 Å². The molecule has 25 heavy (non-hydrogen) atoms. The van der Waals surface area contributed by atoms with Gasteiger partial charge in [-0.25, -0.2) is 14.8 Å². The predicted octanol–water partition coefficient (Wildman–Crippen LogP) is 3.48. The van der Waals surface area contributed by atoms with E-state index in [9.17, 15) is 4.79 Å². The molecule has 0 saturated carbocycles. The van der Waals surface area contributed by atoms with Gasteiger partial charge in [0.2, 0.25) is 0 Å². The van der Waals surface area contributed by atoms with Crippen molar-refractivity contribution in [1.82, 2.24) is 20.3 Å². The van der Waals surface area contributed by atoms with Crippen LogP contribution in [-0.2, 0) is 6.54 Å². The number of pyridine rings is 1. The Morgan fingerprint density at radius 2 is 1.80 bits per heavy atom. The van der Waals surface area contributed by atoms with Gasteiger partial charge in [-0.2, -0.15) is 0 Å². The van der Waals surface area contributed by atoms with Crippen LogP contribution in [0.1, 0.15) is 17.0 Å². The van der Waals surface area contributed by atoms with E-state index in [-0.39, 0.29) is 6.03 Å². The van der Waals surface area contributed by atoms with E-state index in [1.165, 1.54) is 0 Å². The van der Waals surface area contributed by atoms with Crippen LogP contribution in [-0.4, -0.2) is 21.0 Å². The average molecular weight is 333 g/mol. The molecule has 0 radical (unpaired) electrons. The Hall–Kier alpha value is -3.28. The van der Waals surface area contributed by atoms with Gasteiger partial charge in [0.1, 0.15) is 0 Å². The van der Waals surface area contributed by atoms with Crippen LogP contribution in [0.4, 0.5) is 10.5 Å². The first-order chi connectivity index (χ1) is 12.1. The second kappa shape index (κ2) is 7.53. The number of aromatic nitrogens is 3. The number of nitrogens with one attached hydrogen (secondary N) is 2. The Kier molecular flexibility index (Phi) is 4.99. The number of hydrogen-bond acceptors (Lipinski definition) is 4. The molecular weight excluding hydrogens is 314 g/mol. The lowest BCUT2D eigenvalue weighted by Crippen LogP contribution is -2.28. The highest BCUT2D eigenvalue weighted by Gasteiger charge is 2.05. The van der Waals surface area contributed by atoms with Gasteiger partial charge in [0.15, 0.2) is 5.82 Å². The average Bonchev–Trinajstić information content (AvgIpc) is 2.62. The molecule has 0 fully saturated rings. The van der Waals surface area contributed by atoms with Crippen LogP contribution in [0.3, 0.4) is 0 Å². The summed E-state index contributed by atoms with van der Waals surface area (Å²) < 4.78 is 0. The van der Waals surface area contributed by atoms with E-state index in [1.54, 1.807) is 12.4 Å². The van der Waals surface area contributed by atoms with Crippen LogP contribution in [0, 0.1) is 13.8 Å². The highest BCUT2D eigenvalue weighted by molar-refractivity contribution is 5.89. The number of nitrogens with zero attached hydrogens (tertiary/aromatic N) is 3. The molecule has 0 atom stereocenters. The molecule has 2 aromatic heterocycles. The summed E-state index contributed by atoms with van der Waals surface area (Å²) in [5.41, 5.74) is 4.41. The van der Waals surface area contributed by atoms with E-state index in [2.05, 4.69) is 25.6 Å². The molecule has 3 rings (SSSR count). The zero-order valence-electron chi connectivity index (χ0n) is 14.2. The van der Waals surface area contributed by atoms with Crippen molar-refractivity contribution in [2.75, 3.05) is 5.32 Å². The van der Waals surface area contributed by atoms with Crippen molar-refractivity contribution in [2.45, 2.75) is 20.4 Å². The molecule has 1 aromatic carbocycles. The molecule has 126 valence electrons. The summed E-state index contributed by atoms with van der Waals surface area (Å²) >= 11 is 0. The van der Waals surface area contributed by atoms with Gasteiger partial charge in [0, 0.05) is 29.3 Å². The highest BCUT2D eigenvalue weighted by Crippen LogP contribution is 2.17. The molecule has 0 unspecified atom stereocenters. The molecule has 2 heterocycles. The fraction of sp³-hybridized carbons (Fsp3) is 0.158. The van der Waals surface area contributed by atoms with Gasteiger partial charge in [0.25, 0.3) is 0 Å². The second-order valence-corrected chi connectivity index (χ2v) is 5.67. The smallest absolute Gasteiger partial charge is 0.319 e. The largest absolute Gasteiger partial charge is 0.332 e. The zero-order valence-corrected chi connectivity index (χ0v) is 14.2. The molecule has 2 N–H and O–H groups in total. The highest BCUT2D eigenvalue weighted by atomic mass is 16.2. The predicted molar refractivity (Wildman–Crippen MR) is 97.0 cm³/mol. The number of anilines is 1. The first-order valence-electron chi connectivity index (χ1n) is 7.97. The van der Waals surface area contributed by atoms with Crippen LogP contribution in [0.25, 0.3) is 11.4 Å². The Labute approximate surface area is 146 Å². The summed E-state index contributed by atoms with van der Waals surface area (Å²) in [6, 6.07) is 12.8. The van der Waals surface area contributed by atoms with Crippen LogP contribution in [0.2, 0.25) is 0 Å². The van der Waals surface area contributed by atoms with Gasteiger partial charge < -0.3 is 10.6 Å². The monoisotopic (exact) mass is 333 g/mol. The molecular formula is C19H19N5O. The molecule has 0 spiro atoms. The van der Waals surface area contributed by atoms with Gasteiger partial charge in [-0.1, -0.05) is 6.07 Å². The van der Waals surface area contributed by atoms with Gasteiger partial charge >= 0.3 is 6.03 Å². The van der Waals surface area contributed by atoms with Crippen LogP contribution in [0.15, 0.2) is 54.9 Å². The molecule has 0 aliphatic rings. The lowest BCUT2D eigenvalue weighted by Gasteiger charge is -2.09. The maximum Gasteiger partial charge on any atom is 0.319 e. The third-order valence-corrected chi connectivity index (χ3v) is 3.73. The van der Waals surface area contributed by atoms with Crippen LogP contribution in [0.5, 0.6) is 0 Å². The van der Waals surface area contributed by atoms with E-state index < -0.39 is 0 Å². The normalized spacial score (nSPS) is 10.3. The van der Waals surface area contributed by atoms with E-state index in [1.807, 2.05) is 56.3 Å². The number of aryl methyl sites for hydroxylation is 2. The Balaban J connectivity index is 1.59. The second-order valence-electron chi connectivity index (χ2n) is 5.67. The number of benzene rings is 1. The minimum atomic E-state index is -0.274. The number of carbonyl (C=O) groups is 1. The Bertz CT molecular complexity index is 877. The van der Waals surface area contributed by atoms with E-state index in [0.717, 1.165) is 22.5 Å². The molecule has 6 nitrogen and oxygen atoms in total. The summed E-state index contributed by atoms with van der Waals surface area (Å²) in [4.78, 5) is 24.9. The van der Waals surface area contributed by atoms with Crippen molar-refractivity contribution in [3.8, 4) is 11.4 Å². The lowest BCUT2D eigenvalue weighted by molar-refractivity contribution is 0.251. The number of rotatable bonds is 4. The van der Waals surface area contributed by atoms with Crippen molar-refractivity contribution in [2.24, 2.45) is 0 Å². The molecule has 0 aliphatic heterocycles. The van der Waals surface area contributed by atoms with Crippen molar-refractivity contribution >= 4 is 11.7 Å². The van der Waals surface area contributed by atoms with E-state index in [4.69, 9.17) is 0 Å². The molecule has 0 saturated heterocycles. The topological polar surface area (TPSA) is 79.8 Å². The quantitative estimate of drug-likeness (QED) is 0.766. The zero-order chi connectivity index (χ0) is 17.6. The molecule has 2 amide bonds. The fourth-order valence-corrected chi connectivity index (χ4v) is 2.33. The maximum atomic E-state index is 12.0. The Morgan fingerprint density at radius 1 is 1.00 bits per heavy atom. The number of urea groups is 1. The summed E-state index contributed by atoms with van der Waals surface area (Å²) in [6.45, 7) is 4.27. The third kappa shape index (κ3) is 4.38. The summed E-state index contributed by atoms with van der Waals surface area (Å²) in [5.74, 6) is 0.668. The van der Waals surface area contributed by atoms with Crippen molar-refractivity contribution in [3.05, 3.63) is 71.8 Å². The molecule has 6 heteroatoms. The molecule has 0 aliphatic carbocycles. The van der Waals surface area contributed by atoms with Gasteiger partial charge in [0.05, 0.1) is 12.2 Å². The maximum absolute atomic E-state index is 12.0. The lowest BCUT2D eigenvalue weighted by atomic mass is 10.2. The molecule has 3 aromatic rings. The van der Waals surface area contributed by atoms with Gasteiger partial charge in [-0.05, 0) is 55.8 Å². The number of hydrogen-bond donors (Lipinski definition) is 2. The minimum Gasteiger partial charge on any atom is -0.332 e. The van der Waals surface area contributed by atoms with Gasteiger partial charge in [-0.3, -0.25) is 4.98 Å². The Morgan fingerprint density at radius 3 is 2.52 bits per heavy atom. The third-order valence-electron chi connectivity index (χ3n) is 3.73. The van der Waals surface area contributed by atoms with E-state index >= 15 is 0 Å². The van der Waals surface area contributed by atoms with Crippen molar-refractivity contribution < 1.29 is 4.79 Å². The summed E-state index contributed by atoms with van der Waals surface area (Å²) in [7, 11) is 0. The fourth-order valence-electron chi connectivity index (χ4n) is 2.33. The van der Waals surface area contributed by atoms with Crippen molar-refractivity contribution in [1.29, 1.82) is 0 Å². The number of carbonyl (C=O) groups excluding carboxylic acids is 1. The summed E-state index contributed by atoms with van der Waals surface area (Å²) in [6.07, 6.45) is 3.45.